The molecule has 1 atom stereocenters. The molecule has 166 valence electrons. The van der Waals surface area contributed by atoms with Gasteiger partial charge in [-0.1, -0.05) is 24.3 Å². The zero-order valence-electron chi connectivity index (χ0n) is 17.7. The zero-order chi connectivity index (χ0) is 22.8. The molecule has 1 aromatic heterocycles. The van der Waals surface area contributed by atoms with Crippen LogP contribution in [0.5, 0.6) is 11.5 Å². The number of aliphatic hydroxyl groups is 1. The lowest BCUT2D eigenvalue weighted by molar-refractivity contribution is -0.129. The number of nitrogens with zero attached hydrogens (tertiary/aromatic N) is 1. The molecule has 8 nitrogen and oxygen atoms in total. The molecule has 32 heavy (non-hydrogen) atoms. The van der Waals surface area contributed by atoms with E-state index in [0.29, 0.717) is 35.3 Å². The number of fused-ring (bicyclic) bond motifs is 1. The Balaban J connectivity index is 1.79. The first-order chi connectivity index (χ1) is 15.5. The average molecular weight is 437 g/mol. The monoisotopic (exact) mass is 437 g/mol. The van der Waals surface area contributed by atoms with Gasteiger partial charge in [0, 0.05) is 25.6 Å². The van der Waals surface area contributed by atoms with Crippen LogP contribution in [0, 0.1) is 0 Å². The van der Waals surface area contributed by atoms with Crippen LogP contribution < -0.4 is 4.74 Å². The van der Waals surface area contributed by atoms with Gasteiger partial charge >= 0.3 is 0 Å². The molecule has 0 saturated carbocycles. The third kappa shape index (κ3) is 3.69. The molecule has 2 N–H and O–H groups in total. The number of hydrogen-bond acceptors (Lipinski definition) is 7. The minimum Gasteiger partial charge on any atom is -0.508 e. The largest absolute Gasteiger partial charge is 0.508 e. The first-order valence-electron chi connectivity index (χ1n) is 10.1. The maximum atomic E-state index is 13.5. The molecular weight excluding hydrogens is 414 g/mol. The number of carbonyl (C=O) groups excluding carboxylic acids is 2. The van der Waals surface area contributed by atoms with Crippen LogP contribution in [0.1, 0.15) is 28.6 Å². The zero-order valence-corrected chi connectivity index (χ0v) is 17.7. The summed E-state index contributed by atoms with van der Waals surface area (Å²) in [6, 6.07) is 12.2. The van der Waals surface area contributed by atoms with E-state index in [0.717, 1.165) is 0 Å². The summed E-state index contributed by atoms with van der Waals surface area (Å²) in [5, 5.41) is 21.3. The van der Waals surface area contributed by atoms with Gasteiger partial charge in [0.05, 0.1) is 18.7 Å². The molecule has 8 heteroatoms. The lowest BCUT2D eigenvalue weighted by atomic mass is 9.94. The van der Waals surface area contributed by atoms with E-state index in [1.165, 1.54) is 24.1 Å². The molecule has 0 spiro atoms. The smallest absolute Gasteiger partial charge is 0.290 e. The average Bonchev–Trinajstić information content (AvgIpc) is 3.33. The van der Waals surface area contributed by atoms with Gasteiger partial charge in [-0.05, 0) is 36.2 Å². The van der Waals surface area contributed by atoms with Crippen LogP contribution in [-0.4, -0.2) is 54.2 Å². The van der Waals surface area contributed by atoms with Crippen molar-refractivity contribution >= 4 is 22.7 Å². The molecule has 1 unspecified atom stereocenters. The van der Waals surface area contributed by atoms with Crippen molar-refractivity contribution in [3.05, 3.63) is 71.2 Å². The van der Waals surface area contributed by atoms with Crippen molar-refractivity contribution in [2.24, 2.45) is 0 Å². The minimum atomic E-state index is -0.880. The number of ether oxygens (including phenoxy) is 2. The topological polar surface area (TPSA) is 109 Å². The van der Waals surface area contributed by atoms with E-state index in [1.54, 1.807) is 43.5 Å². The van der Waals surface area contributed by atoms with Crippen molar-refractivity contribution in [3.63, 3.8) is 0 Å². The van der Waals surface area contributed by atoms with Crippen LogP contribution >= 0.6 is 0 Å². The Kier molecular flexibility index (Phi) is 5.87. The summed E-state index contributed by atoms with van der Waals surface area (Å²) in [5.41, 5.74) is 0.793. The van der Waals surface area contributed by atoms with Crippen LogP contribution in [0.3, 0.4) is 0 Å². The highest BCUT2D eigenvalue weighted by Crippen LogP contribution is 2.41. The maximum Gasteiger partial charge on any atom is 0.290 e. The SMILES string of the molecule is COCCCN1C(=O)C(O)=C(C(=O)c2cc3cccc(OC)c3o2)C1c1cccc(O)c1. The predicted octanol–water partition coefficient (Wildman–Crippen LogP) is 3.76. The predicted molar refractivity (Wildman–Crippen MR) is 116 cm³/mol. The molecule has 0 aliphatic carbocycles. The Bertz CT molecular complexity index is 1210. The minimum absolute atomic E-state index is 0.0153. The number of furan rings is 1. The van der Waals surface area contributed by atoms with E-state index >= 15 is 0 Å². The van der Waals surface area contributed by atoms with Gasteiger partial charge in [-0.3, -0.25) is 9.59 Å². The quantitative estimate of drug-likeness (QED) is 0.408. The summed E-state index contributed by atoms with van der Waals surface area (Å²) in [5.74, 6) is -1.48. The summed E-state index contributed by atoms with van der Waals surface area (Å²) < 4.78 is 16.1. The molecule has 2 aromatic carbocycles. The number of rotatable bonds is 8. The number of aromatic hydroxyl groups is 1. The number of amides is 1. The fourth-order valence-corrected chi connectivity index (χ4v) is 3.98. The molecule has 2 heterocycles. The number of methoxy groups -OCH3 is 2. The number of ketones is 1. The summed E-state index contributed by atoms with van der Waals surface area (Å²) in [7, 11) is 3.05. The van der Waals surface area contributed by atoms with Crippen molar-refractivity contribution in [1.29, 1.82) is 0 Å². The van der Waals surface area contributed by atoms with E-state index in [-0.39, 0.29) is 23.6 Å². The fraction of sp³-hybridized carbons (Fsp3) is 0.250. The van der Waals surface area contributed by atoms with Gasteiger partial charge in [0.15, 0.2) is 22.9 Å². The van der Waals surface area contributed by atoms with Gasteiger partial charge in [0.1, 0.15) is 5.75 Å². The molecular formula is C24H23NO7. The van der Waals surface area contributed by atoms with Crippen LogP contribution in [0.4, 0.5) is 0 Å². The molecule has 0 saturated heterocycles. The Labute approximate surface area is 184 Å². The van der Waals surface area contributed by atoms with Gasteiger partial charge < -0.3 is 29.0 Å². The molecule has 4 rings (SSSR count). The van der Waals surface area contributed by atoms with E-state index < -0.39 is 23.5 Å². The highest BCUT2D eigenvalue weighted by molar-refractivity contribution is 6.16. The molecule has 0 radical (unpaired) electrons. The molecule has 0 fully saturated rings. The second kappa shape index (κ2) is 8.76. The number of phenols is 1. The van der Waals surface area contributed by atoms with Crippen LogP contribution in [0.25, 0.3) is 11.0 Å². The van der Waals surface area contributed by atoms with Gasteiger partial charge in [-0.15, -0.1) is 0 Å². The molecule has 3 aromatic rings. The Hall–Kier alpha value is -3.78. The summed E-state index contributed by atoms with van der Waals surface area (Å²) in [6.45, 7) is 0.658. The van der Waals surface area contributed by atoms with Crippen molar-refractivity contribution in [3.8, 4) is 11.5 Å². The first-order valence-corrected chi connectivity index (χ1v) is 10.1. The maximum absolute atomic E-state index is 13.5. The fourth-order valence-electron chi connectivity index (χ4n) is 3.98. The summed E-state index contributed by atoms with van der Waals surface area (Å²) in [6.07, 6.45) is 0.508. The second-order valence-corrected chi connectivity index (χ2v) is 7.42. The lowest BCUT2D eigenvalue weighted by Crippen LogP contribution is -2.32. The van der Waals surface area contributed by atoms with Crippen molar-refractivity contribution in [2.75, 3.05) is 27.4 Å². The van der Waals surface area contributed by atoms with Crippen LogP contribution in [0.15, 0.2) is 64.3 Å². The van der Waals surface area contributed by atoms with Crippen molar-refractivity contribution < 1.29 is 33.7 Å². The highest BCUT2D eigenvalue weighted by Gasteiger charge is 2.44. The van der Waals surface area contributed by atoms with E-state index in [4.69, 9.17) is 13.9 Å². The standard InChI is InChI=1S/C24H23NO7/c1-30-11-5-10-25-20(14-6-3-8-16(26)12-14)19(22(28)24(25)29)21(27)18-13-15-7-4-9-17(31-2)23(15)32-18/h3-4,6-9,12-13,20,26,28H,5,10-11H2,1-2H3. The van der Waals surface area contributed by atoms with Crippen LogP contribution in [0.2, 0.25) is 0 Å². The van der Waals surface area contributed by atoms with E-state index in [1.807, 2.05) is 0 Å². The van der Waals surface area contributed by atoms with Gasteiger partial charge in [-0.2, -0.15) is 0 Å². The lowest BCUT2D eigenvalue weighted by Gasteiger charge is -2.26. The number of benzene rings is 2. The van der Waals surface area contributed by atoms with Crippen molar-refractivity contribution in [1.82, 2.24) is 4.90 Å². The number of Topliss-reactive ketones (excluding diaryl/α,β-unsaturated/α-hetero) is 1. The molecule has 0 bridgehead atoms. The van der Waals surface area contributed by atoms with Gasteiger partial charge in [0.25, 0.3) is 5.91 Å². The molecule has 1 aliphatic rings. The number of para-hydroxylation sites is 1. The third-order valence-electron chi connectivity index (χ3n) is 5.43. The number of hydrogen-bond donors (Lipinski definition) is 2. The molecule has 1 aliphatic heterocycles. The highest BCUT2D eigenvalue weighted by atomic mass is 16.5. The first kappa shape index (κ1) is 21.5. The second-order valence-electron chi connectivity index (χ2n) is 7.42. The third-order valence-corrected chi connectivity index (χ3v) is 5.43. The summed E-state index contributed by atoms with van der Waals surface area (Å²) >= 11 is 0. The Morgan fingerprint density at radius 1 is 1.12 bits per heavy atom. The number of carbonyl (C=O) groups is 2. The number of phenolic OH excluding ortho intramolecular Hbond substituents is 1. The van der Waals surface area contributed by atoms with Gasteiger partial charge in [-0.25, -0.2) is 0 Å². The number of aliphatic hydroxyl groups excluding tert-OH is 1. The Morgan fingerprint density at radius 2 is 1.91 bits per heavy atom. The van der Waals surface area contributed by atoms with E-state index in [2.05, 4.69) is 0 Å². The van der Waals surface area contributed by atoms with E-state index in [9.17, 15) is 19.8 Å². The summed E-state index contributed by atoms with van der Waals surface area (Å²) in [4.78, 5) is 27.8. The van der Waals surface area contributed by atoms with Crippen molar-refractivity contribution in [2.45, 2.75) is 12.5 Å². The normalized spacial score (nSPS) is 16.2. The van der Waals surface area contributed by atoms with Crippen LogP contribution in [-0.2, 0) is 9.53 Å². The Morgan fingerprint density at radius 3 is 2.62 bits per heavy atom. The van der Waals surface area contributed by atoms with Gasteiger partial charge in [0.2, 0.25) is 5.78 Å². The molecule has 1 amide bonds.